The number of aliphatic carboxylic acids is 2. The Morgan fingerprint density at radius 1 is 1.06 bits per heavy atom. The van der Waals surface area contributed by atoms with E-state index in [0.29, 0.717) is 6.42 Å². The molecule has 1 fully saturated rings. The number of ether oxygens (including phenoxy) is 1. The predicted octanol–water partition coefficient (Wildman–Crippen LogP) is 1.33. The highest BCUT2D eigenvalue weighted by atomic mass is 16.6. The van der Waals surface area contributed by atoms with Crippen molar-refractivity contribution >= 4 is 29.7 Å². The molecule has 0 heterocycles. The highest BCUT2D eigenvalue weighted by Crippen LogP contribution is 2.24. The second-order valence-electron chi connectivity index (χ2n) is 9.65. The molecule has 2 atom stereocenters. The van der Waals surface area contributed by atoms with Crippen molar-refractivity contribution in [3.05, 3.63) is 35.9 Å². The van der Waals surface area contributed by atoms with E-state index in [1.807, 2.05) is 30.3 Å². The van der Waals surface area contributed by atoms with Crippen molar-refractivity contribution in [2.75, 3.05) is 6.54 Å². The number of nitrogens with zero attached hydrogens (tertiary/aromatic N) is 1. The highest BCUT2D eigenvalue weighted by Gasteiger charge is 2.32. The summed E-state index contributed by atoms with van der Waals surface area (Å²) in [5, 5.41) is 17.6. The van der Waals surface area contributed by atoms with Crippen molar-refractivity contribution in [1.82, 2.24) is 10.2 Å². The summed E-state index contributed by atoms with van der Waals surface area (Å²) in [6, 6.07) is 7.95. The zero-order valence-electron chi connectivity index (χ0n) is 21.2. The number of carbonyl (C=O) groups is 5. The molecule has 1 aromatic rings. The molecular formula is C25H37N3O8. The Hall–Kier alpha value is -3.47. The lowest BCUT2D eigenvalue weighted by molar-refractivity contribution is -0.159. The van der Waals surface area contributed by atoms with E-state index in [1.165, 1.54) is 0 Å². The monoisotopic (exact) mass is 507 g/mol. The maximum absolute atomic E-state index is 12.9. The zero-order valence-corrected chi connectivity index (χ0v) is 21.2. The maximum Gasteiger partial charge on any atom is 0.414 e. The molecule has 0 aromatic heterocycles. The number of nitrogens with two attached hydrogens (primary N) is 1. The van der Waals surface area contributed by atoms with Crippen molar-refractivity contribution in [3.8, 4) is 0 Å². The van der Waals surface area contributed by atoms with Crippen LogP contribution in [0.2, 0.25) is 0 Å². The van der Waals surface area contributed by atoms with E-state index >= 15 is 0 Å². The fraction of sp³-hybridized carbons (Fsp3) is 0.560. The van der Waals surface area contributed by atoms with Crippen LogP contribution in [-0.4, -0.2) is 75.1 Å². The third-order valence-corrected chi connectivity index (χ3v) is 5.24. The van der Waals surface area contributed by atoms with Crippen molar-refractivity contribution in [3.63, 3.8) is 0 Å². The van der Waals surface area contributed by atoms with E-state index in [-0.39, 0.29) is 24.4 Å². The fourth-order valence-electron chi connectivity index (χ4n) is 3.68. The molecule has 1 aliphatic rings. The second-order valence-corrected chi connectivity index (χ2v) is 9.65. The SMILES string of the molecule is C[C@H](N)C(=O)N(CC(=O)N[C@@H](Cc1ccccc1)C(=O)OC(C)(C)C)C1CCCC1.O=C(O)C(=O)O. The highest BCUT2D eigenvalue weighted by molar-refractivity contribution is 6.27. The van der Waals surface area contributed by atoms with E-state index in [4.69, 9.17) is 30.3 Å². The number of hydrogen-bond acceptors (Lipinski definition) is 7. The summed E-state index contributed by atoms with van der Waals surface area (Å²) in [6.45, 7) is 6.88. The van der Waals surface area contributed by atoms with Gasteiger partial charge in [-0.15, -0.1) is 0 Å². The van der Waals surface area contributed by atoms with Gasteiger partial charge in [0.1, 0.15) is 11.6 Å². The lowest BCUT2D eigenvalue weighted by atomic mass is 10.1. The molecule has 0 saturated heterocycles. The topological polar surface area (TPSA) is 176 Å². The van der Waals surface area contributed by atoms with Crippen LogP contribution in [0.3, 0.4) is 0 Å². The minimum Gasteiger partial charge on any atom is -0.473 e. The van der Waals surface area contributed by atoms with Gasteiger partial charge in [-0.05, 0) is 46.1 Å². The number of carboxylic acids is 2. The number of amides is 2. The molecule has 36 heavy (non-hydrogen) atoms. The van der Waals surface area contributed by atoms with E-state index < -0.39 is 35.6 Å². The number of esters is 1. The summed E-state index contributed by atoms with van der Waals surface area (Å²) in [6.07, 6.45) is 4.11. The maximum atomic E-state index is 12.9. The number of carbonyl (C=O) groups excluding carboxylic acids is 3. The molecule has 0 spiro atoms. The number of benzene rings is 1. The third-order valence-electron chi connectivity index (χ3n) is 5.24. The van der Waals surface area contributed by atoms with Gasteiger partial charge in [-0.1, -0.05) is 43.2 Å². The Labute approximate surface area is 211 Å². The molecule has 0 bridgehead atoms. The summed E-state index contributed by atoms with van der Waals surface area (Å²) >= 11 is 0. The fourth-order valence-corrected chi connectivity index (χ4v) is 3.68. The Morgan fingerprint density at radius 3 is 2.03 bits per heavy atom. The Kier molecular flexibility index (Phi) is 12.0. The average Bonchev–Trinajstić information content (AvgIpc) is 3.31. The first-order valence-corrected chi connectivity index (χ1v) is 11.8. The molecular weight excluding hydrogens is 470 g/mol. The number of carboxylic acid groups (broad SMARTS) is 2. The van der Waals surface area contributed by atoms with Gasteiger partial charge in [-0.25, -0.2) is 14.4 Å². The first-order chi connectivity index (χ1) is 16.7. The summed E-state index contributed by atoms with van der Waals surface area (Å²) in [5.74, 6) is -4.77. The zero-order chi connectivity index (χ0) is 27.5. The van der Waals surface area contributed by atoms with Gasteiger partial charge in [0.15, 0.2) is 0 Å². The normalized spacial score (nSPS) is 15.0. The molecule has 200 valence electrons. The van der Waals surface area contributed by atoms with Crippen LogP contribution in [0.5, 0.6) is 0 Å². The van der Waals surface area contributed by atoms with Gasteiger partial charge in [-0.3, -0.25) is 9.59 Å². The van der Waals surface area contributed by atoms with Crippen molar-refractivity contribution in [1.29, 1.82) is 0 Å². The van der Waals surface area contributed by atoms with Crippen LogP contribution < -0.4 is 11.1 Å². The van der Waals surface area contributed by atoms with Crippen LogP contribution in [0.4, 0.5) is 0 Å². The van der Waals surface area contributed by atoms with Gasteiger partial charge in [-0.2, -0.15) is 0 Å². The van der Waals surface area contributed by atoms with Gasteiger partial charge in [0.2, 0.25) is 11.8 Å². The van der Waals surface area contributed by atoms with E-state index in [2.05, 4.69) is 5.32 Å². The number of hydrogen-bond donors (Lipinski definition) is 4. The van der Waals surface area contributed by atoms with Gasteiger partial charge in [0.05, 0.1) is 12.6 Å². The van der Waals surface area contributed by atoms with Gasteiger partial charge in [0.25, 0.3) is 0 Å². The summed E-state index contributed by atoms with van der Waals surface area (Å²) in [4.78, 5) is 58.0. The molecule has 0 aliphatic heterocycles. The van der Waals surface area contributed by atoms with Crippen LogP contribution in [0.15, 0.2) is 30.3 Å². The summed E-state index contributed by atoms with van der Waals surface area (Å²) in [7, 11) is 0. The molecule has 1 aromatic carbocycles. The summed E-state index contributed by atoms with van der Waals surface area (Å²) in [5.41, 5.74) is 6.05. The minimum atomic E-state index is -1.82. The molecule has 2 amide bonds. The lowest BCUT2D eigenvalue weighted by Gasteiger charge is -2.31. The van der Waals surface area contributed by atoms with E-state index in [9.17, 15) is 14.4 Å². The number of nitrogens with one attached hydrogen (secondary N) is 1. The van der Waals surface area contributed by atoms with Crippen molar-refractivity contribution < 1.29 is 38.9 Å². The van der Waals surface area contributed by atoms with Crippen LogP contribution >= 0.6 is 0 Å². The van der Waals surface area contributed by atoms with Gasteiger partial charge in [0, 0.05) is 12.5 Å². The third kappa shape index (κ3) is 11.3. The van der Waals surface area contributed by atoms with E-state index in [1.54, 1.807) is 32.6 Å². The first kappa shape index (κ1) is 30.6. The molecule has 5 N–H and O–H groups in total. The van der Waals surface area contributed by atoms with Crippen LogP contribution in [0.1, 0.15) is 58.9 Å². The van der Waals surface area contributed by atoms with Gasteiger partial charge < -0.3 is 30.9 Å². The van der Waals surface area contributed by atoms with Crippen molar-refractivity contribution in [2.45, 2.75) is 83.5 Å². The minimum absolute atomic E-state index is 0.0170. The van der Waals surface area contributed by atoms with E-state index in [0.717, 1.165) is 31.2 Å². The van der Waals surface area contributed by atoms with Gasteiger partial charge >= 0.3 is 17.9 Å². The standard InChI is InChI=1S/C23H35N3O4.C2H2O4/c1-16(24)21(28)26(18-12-8-9-13-18)15-20(27)25-19(22(29)30-23(2,3)4)14-17-10-6-5-7-11-17;3-1(4)2(5)6/h5-7,10-11,16,18-19H,8-9,12-15,24H2,1-4H3,(H,25,27);(H,3,4)(H,5,6)/t16-,19-;/m0./s1. The largest absolute Gasteiger partial charge is 0.473 e. The average molecular weight is 508 g/mol. The Bertz CT molecular complexity index is 894. The molecule has 0 radical (unpaired) electrons. The van der Waals surface area contributed by atoms with Crippen molar-refractivity contribution in [2.24, 2.45) is 5.73 Å². The Morgan fingerprint density at radius 2 is 1.58 bits per heavy atom. The quantitative estimate of drug-likeness (QED) is 0.298. The lowest BCUT2D eigenvalue weighted by Crippen LogP contribution is -2.53. The molecule has 1 aliphatic carbocycles. The molecule has 0 unspecified atom stereocenters. The van der Waals surface area contributed by atoms with Crippen LogP contribution in [0, 0.1) is 0 Å². The number of rotatable bonds is 8. The molecule has 11 heteroatoms. The summed E-state index contributed by atoms with van der Waals surface area (Å²) < 4.78 is 5.51. The second kappa shape index (κ2) is 14.2. The smallest absolute Gasteiger partial charge is 0.414 e. The first-order valence-electron chi connectivity index (χ1n) is 11.8. The molecule has 2 rings (SSSR count). The predicted molar refractivity (Wildman–Crippen MR) is 131 cm³/mol. The molecule has 11 nitrogen and oxygen atoms in total. The van der Waals surface area contributed by atoms with Crippen LogP contribution in [-0.2, 0) is 35.1 Å². The Balaban J connectivity index is 0.000000960. The molecule has 1 saturated carbocycles. The van der Waals surface area contributed by atoms with Crippen LogP contribution in [0.25, 0.3) is 0 Å².